The van der Waals surface area contributed by atoms with Gasteiger partial charge in [0.2, 0.25) is 0 Å². The van der Waals surface area contributed by atoms with Crippen LogP contribution in [-0.2, 0) is 0 Å². The Hall–Kier alpha value is -0.770. The number of piperidine rings is 1. The molecule has 1 N–H and O–H groups in total. The standard InChI is InChI=1S/C15H29N3O/c1-2-3-4-6-9-16-15(19)18-12-14(13-18)17-10-7-5-8-11-17/h14H,2-13H2,1H3,(H,16,19). The second-order valence-electron chi connectivity index (χ2n) is 5.95. The van der Waals surface area contributed by atoms with Crippen LogP contribution in [0.1, 0.15) is 51.9 Å². The minimum absolute atomic E-state index is 0.143. The van der Waals surface area contributed by atoms with Gasteiger partial charge < -0.3 is 10.2 Å². The summed E-state index contributed by atoms with van der Waals surface area (Å²) >= 11 is 0. The summed E-state index contributed by atoms with van der Waals surface area (Å²) in [7, 11) is 0. The fraction of sp³-hybridized carbons (Fsp3) is 0.933. The van der Waals surface area contributed by atoms with Gasteiger partial charge in [0.1, 0.15) is 0 Å². The molecule has 110 valence electrons. The fourth-order valence-electron chi connectivity index (χ4n) is 2.99. The molecule has 2 aliphatic rings. The maximum Gasteiger partial charge on any atom is 0.317 e. The number of hydrogen-bond donors (Lipinski definition) is 1. The number of amides is 2. The van der Waals surface area contributed by atoms with Crippen molar-refractivity contribution in [2.75, 3.05) is 32.7 Å². The maximum absolute atomic E-state index is 11.9. The lowest BCUT2D eigenvalue weighted by Crippen LogP contribution is -2.63. The van der Waals surface area contributed by atoms with Gasteiger partial charge in [-0.15, -0.1) is 0 Å². The summed E-state index contributed by atoms with van der Waals surface area (Å²) < 4.78 is 0. The predicted molar refractivity (Wildman–Crippen MR) is 78.3 cm³/mol. The number of carbonyl (C=O) groups is 1. The molecule has 0 aromatic rings. The molecule has 4 heteroatoms. The number of unbranched alkanes of at least 4 members (excludes halogenated alkanes) is 3. The van der Waals surface area contributed by atoms with Crippen LogP contribution in [0.15, 0.2) is 0 Å². The van der Waals surface area contributed by atoms with Crippen LogP contribution in [0, 0.1) is 0 Å². The molecule has 4 nitrogen and oxygen atoms in total. The Morgan fingerprint density at radius 1 is 1.11 bits per heavy atom. The molecule has 0 bridgehead atoms. The molecular formula is C15H29N3O. The van der Waals surface area contributed by atoms with Crippen molar-refractivity contribution >= 4 is 6.03 Å². The van der Waals surface area contributed by atoms with E-state index >= 15 is 0 Å². The molecule has 0 unspecified atom stereocenters. The summed E-state index contributed by atoms with van der Waals surface area (Å²) in [5.41, 5.74) is 0. The van der Waals surface area contributed by atoms with Crippen molar-refractivity contribution in [1.29, 1.82) is 0 Å². The number of urea groups is 1. The lowest BCUT2D eigenvalue weighted by molar-refractivity contribution is 0.0451. The molecule has 2 aliphatic heterocycles. The minimum Gasteiger partial charge on any atom is -0.338 e. The molecule has 0 aromatic carbocycles. The highest BCUT2D eigenvalue weighted by atomic mass is 16.2. The van der Waals surface area contributed by atoms with Gasteiger partial charge in [-0.2, -0.15) is 0 Å². The number of nitrogens with one attached hydrogen (secondary N) is 1. The van der Waals surface area contributed by atoms with E-state index in [-0.39, 0.29) is 6.03 Å². The first-order chi connectivity index (χ1) is 9.31. The smallest absolute Gasteiger partial charge is 0.317 e. The molecule has 0 atom stereocenters. The Morgan fingerprint density at radius 3 is 2.53 bits per heavy atom. The lowest BCUT2D eigenvalue weighted by Gasteiger charge is -2.46. The fourth-order valence-corrected chi connectivity index (χ4v) is 2.99. The zero-order valence-electron chi connectivity index (χ0n) is 12.4. The molecule has 19 heavy (non-hydrogen) atoms. The largest absolute Gasteiger partial charge is 0.338 e. The Morgan fingerprint density at radius 2 is 1.84 bits per heavy atom. The zero-order valence-corrected chi connectivity index (χ0v) is 12.4. The SMILES string of the molecule is CCCCCCNC(=O)N1CC(N2CCCCC2)C1. The van der Waals surface area contributed by atoms with Gasteiger partial charge in [0.15, 0.2) is 0 Å². The molecule has 0 aromatic heterocycles. The van der Waals surface area contributed by atoms with Gasteiger partial charge >= 0.3 is 6.03 Å². The third-order valence-electron chi connectivity index (χ3n) is 4.36. The number of nitrogens with zero attached hydrogens (tertiary/aromatic N) is 2. The summed E-state index contributed by atoms with van der Waals surface area (Å²) in [6.07, 6.45) is 8.91. The second-order valence-corrected chi connectivity index (χ2v) is 5.95. The molecule has 2 saturated heterocycles. The average molecular weight is 267 g/mol. The summed E-state index contributed by atoms with van der Waals surface area (Å²) in [6.45, 7) is 7.37. The summed E-state index contributed by atoms with van der Waals surface area (Å²) in [5.74, 6) is 0. The van der Waals surface area contributed by atoms with E-state index in [1.807, 2.05) is 4.90 Å². The Bertz CT molecular complexity index is 271. The van der Waals surface area contributed by atoms with Crippen LogP contribution in [0.5, 0.6) is 0 Å². The first kappa shape index (κ1) is 14.6. The minimum atomic E-state index is 0.143. The highest BCUT2D eigenvalue weighted by Crippen LogP contribution is 2.19. The van der Waals surface area contributed by atoms with E-state index in [9.17, 15) is 4.79 Å². The van der Waals surface area contributed by atoms with E-state index in [1.54, 1.807) is 0 Å². The summed E-state index contributed by atoms with van der Waals surface area (Å²) in [5, 5.41) is 3.04. The third-order valence-corrected chi connectivity index (χ3v) is 4.36. The van der Waals surface area contributed by atoms with Crippen LogP contribution in [0.4, 0.5) is 4.79 Å². The van der Waals surface area contributed by atoms with Crippen LogP contribution < -0.4 is 5.32 Å². The molecule has 2 amide bonds. The topological polar surface area (TPSA) is 35.6 Å². The average Bonchev–Trinajstić information content (AvgIpc) is 2.38. The van der Waals surface area contributed by atoms with Gasteiger partial charge in [0.25, 0.3) is 0 Å². The number of carbonyl (C=O) groups excluding carboxylic acids is 1. The van der Waals surface area contributed by atoms with E-state index in [4.69, 9.17) is 0 Å². The van der Waals surface area contributed by atoms with E-state index in [2.05, 4.69) is 17.1 Å². The quantitative estimate of drug-likeness (QED) is 0.750. The Balaban J connectivity index is 1.54. The molecule has 2 rings (SSSR count). The van der Waals surface area contributed by atoms with E-state index in [0.717, 1.165) is 26.1 Å². The first-order valence-corrected chi connectivity index (χ1v) is 8.08. The van der Waals surface area contributed by atoms with Gasteiger partial charge in [-0.1, -0.05) is 32.6 Å². The van der Waals surface area contributed by atoms with Crippen LogP contribution in [-0.4, -0.2) is 54.6 Å². The van der Waals surface area contributed by atoms with Crippen LogP contribution in [0.3, 0.4) is 0 Å². The molecule has 0 spiro atoms. The monoisotopic (exact) mass is 267 g/mol. The van der Waals surface area contributed by atoms with Crippen molar-refractivity contribution in [3.63, 3.8) is 0 Å². The molecule has 0 saturated carbocycles. The Kier molecular flexibility index (Phi) is 5.95. The Labute approximate surface area is 117 Å². The van der Waals surface area contributed by atoms with Crippen LogP contribution in [0.2, 0.25) is 0 Å². The van der Waals surface area contributed by atoms with Crippen molar-refractivity contribution in [1.82, 2.24) is 15.1 Å². The van der Waals surface area contributed by atoms with Crippen LogP contribution >= 0.6 is 0 Å². The highest BCUT2D eigenvalue weighted by molar-refractivity contribution is 5.75. The van der Waals surface area contributed by atoms with Crippen LogP contribution in [0.25, 0.3) is 0 Å². The molecule has 0 radical (unpaired) electrons. The normalized spacial score (nSPS) is 21.2. The van der Waals surface area contributed by atoms with E-state index in [1.165, 1.54) is 51.6 Å². The van der Waals surface area contributed by atoms with Gasteiger partial charge in [-0.05, 0) is 32.4 Å². The zero-order chi connectivity index (χ0) is 13.5. The van der Waals surface area contributed by atoms with Gasteiger partial charge in [0.05, 0.1) is 0 Å². The van der Waals surface area contributed by atoms with Crippen molar-refractivity contribution in [2.45, 2.75) is 57.9 Å². The van der Waals surface area contributed by atoms with Crippen molar-refractivity contribution < 1.29 is 4.79 Å². The molecule has 2 fully saturated rings. The molecule has 0 aliphatic carbocycles. The lowest BCUT2D eigenvalue weighted by atomic mass is 10.0. The molecular weight excluding hydrogens is 238 g/mol. The van der Waals surface area contributed by atoms with Crippen molar-refractivity contribution in [2.24, 2.45) is 0 Å². The first-order valence-electron chi connectivity index (χ1n) is 8.08. The van der Waals surface area contributed by atoms with Gasteiger partial charge in [-0.3, -0.25) is 4.90 Å². The maximum atomic E-state index is 11.9. The molecule has 2 heterocycles. The highest BCUT2D eigenvalue weighted by Gasteiger charge is 2.34. The second kappa shape index (κ2) is 7.73. The van der Waals surface area contributed by atoms with E-state index in [0.29, 0.717) is 6.04 Å². The van der Waals surface area contributed by atoms with Crippen molar-refractivity contribution in [3.8, 4) is 0 Å². The summed E-state index contributed by atoms with van der Waals surface area (Å²) in [6, 6.07) is 0.774. The number of likely N-dealkylation sites (tertiary alicyclic amines) is 2. The van der Waals surface area contributed by atoms with Gasteiger partial charge in [-0.25, -0.2) is 4.79 Å². The number of rotatable bonds is 6. The third kappa shape index (κ3) is 4.37. The predicted octanol–water partition coefficient (Wildman–Crippen LogP) is 2.45. The van der Waals surface area contributed by atoms with Gasteiger partial charge in [0, 0.05) is 25.7 Å². The summed E-state index contributed by atoms with van der Waals surface area (Å²) in [4.78, 5) is 16.4. The van der Waals surface area contributed by atoms with Crippen molar-refractivity contribution in [3.05, 3.63) is 0 Å². The van der Waals surface area contributed by atoms with E-state index < -0.39 is 0 Å². The number of hydrogen-bond acceptors (Lipinski definition) is 2.